The molecule has 1 unspecified atom stereocenters. The average Bonchev–Trinajstić information content (AvgIpc) is 2.35. The van der Waals surface area contributed by atoms with E-state index in [0.717, 1.165) is 11.1 Å². The first-order valence-corrected chi connectivity index (χ1v) is 6.21. The summed E-state index contributed by atoms with van der Waals surface area (Å²) in [7, 11) is 0. The fourth-order valence-corrected chi connectivity index (χ4v) is 2.25. The Hall–Kier alpha value is -1.38. The monoisotopic (exact) mass is 263 g/mol. The summed E-state index contributed by atoms with van der Waals surface area (Å²) in [5.74, 6) is -0.372. The van der Waals surface area contributed by atoms with E-state index in [-0.39, 0.29) is 16.9 Å². The van der Waals surface area contributed by atoms with Crippen LogP contribution in [0.3, 0.4) is 0 Å². The largest absolute Gasteiger partial charge is 0.324 e. The minimum absolute atomic E-state index is 0.143. The number of hydrogen-bond acceptors (Lipinski definition) is 1. The Morgan fingerprint density at radius 3 is 2.61 bits per heavy atom. The zero-order valence-corrected chi connectivity index (χ0v) is 10.9. The van der Waals surface area contributed by atoms with Crippen molar-refractivity contribution < 1.29 is 4.39 Å². The van der Waals surface area contributed by atoms with Crippen molar-refractivity contribution in [3.63, 3.8) is 0 Å². The molecule has 2 rings (SSSR count). The van der Waals surface area contributed by atoms with Crippen LogP contribution in [0.5, 0.6) is 0 Å². The third kappa shape index (κ3) is 2.71. The summed E-state index contributed by atoms with van der Waals surface area (Å²) in [5.41, 5.74) is 8.85. The van der Waals surface area contributed by atoms with Crippen LogP contribution in [0.4, 0.5) is 4.39 Å². The van der Waals surface area contributed by atoms with Crippen LogP contribution in [-0.2, 0) is 6.42 Å². The minimum atomic E-state index is -0.372. The first-order chi connectivity index (χ1) is 8.59. The minimum Gasteiger partial charge on any atom is -0.324 e. The lowest BCUT2D eigenvalue weighted by Gasteiger charge is -2.15. The van der Waals surface area contributed by atoms with Crippen molar-refractivity contribution in [3.05, 3.63) is 70.0 Å². The van der Waals surface area contributed by atoms with Gasteiger partial charge in [-0.05, 0) is 36.1 Å². The van der Waals surface area contributed by atoms with Crippen LogP contribution >= 0.6 is 11.6 Å². The van der Waals surface area contributed by atoms with E-state index >= 15 is 0 Å². The Balaban J connectivity index is 2.24. The molecule has 0 spiro atoms. The second-order valence-electron chi connectivity index (χ2n) is 4.38. The molecule has 0 saturated heterocycles. The topological polar surface area (TPSA) is 26.0 Å². The average molecular weight is 264 g/mol. The molecular formula is C15H15ClFN. The highest BCUT2D eigenvalue weighted by molar-refractivity contribution is 6.30. The molecule has 1 atom stereocenters. The van der Waals surface area contributed by atoms with Gasteiger partial charge in [-0.3, -0.25) is 0 Å². The van der Waals surface area contributed by atoms with Crippen LogP contribution in [-0.4, -0.2) is 0 Å². The molecule has 3 heteroatoms. The molecule has 0 aliphatic rings. The van der Waals surface area contributed by atoms with Crippen LogP contribution in [0, 0.1) is 12.7 Å². The van der Waals surface area contributed by atoms with Crippen LogP contribution < -0.4 is 5.73 Å². The molecule has 2 aromatic carbocycles. The highest BCUT2D eigenvalue weighted by Crippen LogP contribution is 2.24. The van der Waals surface area contributed by atoms with E-state index in [1.54, 1.807) is 18.2 Å². The summed E-state index contributed by atoms with van der Waals surface area (Å²) in [6.07, 6.45) is 0.442. The predicted octanol–water partition coefficient (Wildman–Crippen LogP) is 4.03. The molecular weight excluding hydrogens is 249 g/mol. The van der Waals surface area contributed by atoms with Crippen LogP contribution in [0.1, 0.15) is 22.7 Å². The molecule has 0 heterocycles. The second kappa shape index (κ2) is 5.51. The summed E-state index contributed by atoms with van der Waals surface area (Å²) in [5, 5.41) is 0.143. The maximum atomic E-state index is 13.8. The van der Waals surface area contributed by atoms with E-state index in [1.807, 2.05) is 31.2 Å². The zero-order chi connectivity index (χ0) is 13.1. The lowest BCUT2D eigenvalue weighted by Crippen LogP contribution is -2.15. The van der Waals surface area contributed by atoms with Gasteiger partial charge in [0.25, 0.3) is 0 Å². The van der Waals surface area contributed by atoms with E-state index in [1.165, 1.54) is 0 Å². The molecule has 0 bridgehead atoms. The second-order valence-corrected chi connectivity index (χ2v) is 4.79. The molecule has 0 aliphatic heterocycles. The maximum absolute atomic E-state index is 13.8. The summed E-state index contributed by atoms with van der Waals surface area (Å²) in [4.78, 5) is 0. The van der Waals surface area contributed by atoms with E-state index in [0.29, 0.717) is 12.0 Å². The Kier molecular flexibility index (Phi) is 4.00. The molecule has 2 aromatic rings. The standard InChI is InChI=1S/C15H15ClFN/c1-10-5-2-3-7-12(10)14(18)9-11-6-4-8-13(16)15(11)17/h2-8,14H,9,18H2,1H3. The van der Waals surface area contributed by atoms with Crippen molar-refractivity contribution in [1.82, 2.24) is 0 Å². The highest BCUT2D eigenvalue weighted by Gasteiger charge is 2.13. The first-order valence-electron chi connectivity index (χ1n) is 5.83. The van der Waals surface area contributed by atoms with Gasteiger partial charge in [0.15, 0.2) is 0 Å². The zero-order valence-electron chi connectivity index (χ0n) is 10.2. The van der Waals surface area contributed by atoms with E-state index in [2.05, 4.69) is 0 Å². The van der Waals surface area contributed by atoms with Crippen molar-refractivity contribution >= 4 is 11.6 Å². The quantitative estimate of drug-likeness (QED) is 0.889. The normalized spacial score (nSPS) is 12.4. The highest BCUT2D eigenvalue weighted by atomic mass is 35.5. The van der Waals surface area contributed by atoms with Crippen molar-refractivity contribution in [1.29, 1.82) is 0 Å². The molecule has 0 saturated carbocycles. The number of halogens is 2. The van der Waals surface area contributed by atoms with Gasteiger partial charge in [-0.1, -0.05) is 48.0 Å². The smallest absolute Gasteiger partial charge is 0.145 e. The summed E-state index contributed by atoms with van der Waals surface area (Å²) in [6.45, 7) is 2.00. The van der Waals surface area contributed by atoms with E-state index < -0.39 is 0 Å². The number of nitrogens with two attached hydrogens (primary N) is 1. The van der Waals surface area contributed by atoms with Crippen LogP contribution in [0.15, 0.2) is 42.5 Å². The van der Waals surface area contributed by atoms with E-state index in [4.69, 9.17) is 17.3 Å². The van der Waals surface area contributed by atoms with Crippen molar-refractivity contribution in [2.45, 2.75) is 19.4 Å². The first kappa shape index (κ1) is 13.1. The number of benzene rings is 2. The molecule has 18 heavy (non-hydrogen) atoms. The number of rotatable bonds is 3. The lowest BCUT2D eigenvalue weighted by molar-refractivity contribution is 0.593. The van der Waals surface area contributed by atoms with Crippen molar-refractivity contribution in [2.75, 3.05) is 0 Å². The van der Waals surface area contributed by atoms with Crippen LogP contribution in [0.2, 0.25) is 5.02 Å². The van der Waals surface area contributed by atoms with Gasteiger partial charge in [0, 0.05) is 6.04 Å². The van der Waals surface area contributed by atoms with Gasteiger partial charge in [0.05, 0.1) is 5.02 Å². The van der Waals surface area contributed by atoms with Gasteiger partial charge in [-0.25, -0.2) is 4.39 Å². The van der Waals surface area contributed by atoms with Crippen molar-refractivity contribution in [3.8, 4) is 0 Å². The fraction of sp³-hybridized carbons (Fsp3) is 0.200. The molecule has 0 fully saturated rings. The molecule has 0 aromatic heterocycles. The Labute approximate surface area is 111 Å². The Bertz CT molecular complexity index is 554. The van der Waals surface area contributed by atoms with Gasteiger partial charge in [-0.15, -0.1) is 0 Å². The number of hydrogen-bond donors (Lipinski definition) is 1. The third-order valence-electron chi connectivity index (χ3n) is 3.06. The lowest BCUT2D eigenvalue weighted by atomic mass is 9.96. The molecule has 94 valence electrons. The third-order valence-corrected chi connectivity index (χ3v) is 3.35. The van der Waals surface area contributed by atoms with Gasteiger partial charge < -0.3 is 5.73 Å². The SMILES string of the molecule is Cc1ccccc1C(N)Cc1cccc(Cl)c1F. The fourth-order valence-electron chi connectivity index (χ4n) is 2.06. The Morgan fingerprint density at radius 2 is 1.89 bits per heavy atom. The molecule has 0 amide bonds. The molecule has 2 N–H and O–H groups in total. The van der Waals surface area contributed by atoms with E-state index in [9.17, 15) is 4.39 Å². The van der Waals surface area contributed by atoms with Gasteiger partial charge in [0.2, 0.25) is 0 Å². The predicted molar refractivity (Wildman–Crippen MR) is 73.2 cm³/mol. The van der Waals surface area contributed by atoms with Gasteiger partial charge in [-0.2, -0.15) is 0 Å². The summed E-state index contributed by atoms with van der Waals surface area (Å²) in [6, 6.07) is 12.7. The summed E-state index contributed by atoms with van der Waals surface area (Å²) < 4.78 is 13.8. The molecule has 0 aliphatic carbocycles. The van der Waals surface area contributed by atoms with Gasteiger partial charge in [0.1, 0.15) is 5.82 Å². The maximum Gasteiger partial charge on any atom is 0.145 e. The molecule has 0 radical (unpaired) electrons. The van der Waals surface area contributed by atoms with Crippen molar-refractivity contribution in [2.24, 2.45) is 5.73 Å². The van der Waals surface area contributed by atoms with Gasteiger partial charge >= 0.3 is 0 Å². The Morgan fingerprint density at radius 1 is 1.17 bits per heavy atom. The van der Waals surface area contributed by atoms with Crippen LogP contribution in [0.25, 0.3) is 0 Å². The number of aryl methyl sites for hydroxylation is 1. The molecule has 1 nitrogen and oxygen atoms in total. The summed E-state index contributed by atoms with van der Waals surface area (Å²) >= 11 is 5.76.